The van der Waals surface area contributed by atoms with Crippen LogP contribution in [0.25, 0.3) is 17.2 Å². The minimum atomic E-state index is -1.09. The lowest BCUT2D eigenvalue weighted by Crippen LogP contribution is -1.93. The van der Waals surface area contributed by atoms with Gasteiger partial charge in [0, 0.05) is 11.6 Å². The maximum absolute atomic E-state index is 14.2. The van der Waals surface area contributed by atoms with Gasteiger partial charge in [-0.15, -0.1) is 0 Å². The number of aliphatic carboxylic acids is 1. The van der Waals surface area contributed by atoms with Crippen LogP contribution >= 0.6 is 0 Å². The Balaban J connectivity index is 2.46. The van der Waals surface area contributed by atoms with E-state index in [4.69, 9.17) is 5.11 Å². The van der Waals surface area contributed by atoms with Crippen molar-refractivity contribution < 1.29 is 14.3 Å². The van der Waals surface area contributed by atoms with Gasteiger partial charge in [0.1, 0.15) is 5.82 Å². The molecule has 0 bridgehead atoms. The Morgan fingerprint density at radius 2 is 1.84 bits per heavy atom. The van der Waals surface area contributed by atoms with Crippen LogP contribution in [0.5, 0.6) is 0 Å². The molecule has 0 aliphatic rings. The normalized spacial score (nSPS) is 10.8. The Morgan fingerprint density at radius 1 is 1.16 bits per heavy atom. The third kappa shape index (κ3) is 2.88. The van der Waals surface area contributed by atoms with Gasteiger partial charge in [-0.25, -0.2) is 9.18 Å². The topological polar surface area (TPSA) is 37.3 Å². The lowest BCUT2D eigenvalue weighted by atomic mass is 9.97. The van der Waals surface area contributed by atoms with Crippen LogP contribution in [0.2, 0.25) is 0 Å². The van der Waals surface area contributed by atoms with Gasteiger partial charge in [-0.2, -0.15) is 0 Å². The number of rotatable bonds is 3. The van der Waals surface area contributed by atoms with Crippen LogP contribution in [-0.4, -0.2) is 11.1 Å². The van der Waals surface area contributed by atoms with Gasteiger partial charge in [-0.3, -0.25) is 0 Å². The zero-order valence-corrected chi connectivity index (χ0v) is 10.4. The number of carbonyl (C=O) groups is 1. The first-order valence-electron chi connectivity index (χ1n) is 5.85. The molecule has 0 atom stereocenters. The molecule has 2 nitrogen and oxygen atoms in total. The minimum absolute atomic E-state index is 0.277. The Labute approximate surface area is 110 Å². The summed E-state index contributed by atoms with van der Waals surface area (Å²) in [5, 5.41) is 8.56. The van der Waals surface area contributed by atoms with Gasteiger partial charge in [0.15, 0.2) is 0 Å². The standard InChI is InChI=1S/C16H13FO2/c1-11-14(12-5-3-2-4-6-12)9-7-13(16(11)17)8-10-15(18)19/h2-10H,1H3,(H,18,19). The first-order chi connectivity index (χ1) is 9.09. The summed E-state index contributed by atoms with van der Waals surface area (Å²) in [6.45, 7) is 1.69. The van der Waals surface area contributed by atoms with E-state index in [0.29, 0.717) is 5.56 Å². The number of hydrogen-bond donors (Lipinski definition) is 1. The Kier molecular flexibility index (Phi) is 3.76. The van der Waals surface area contributed by atoms with Gasteiger partial charge in [-0.05, 0) is 29.7 Å². The van der Waals surface area contributed by atoms with Crippen molar-refractivity contribution in [3.05, 3.63) is 65.5 Å². The van der Waals surface area contributed by atoms with Crippen molar-refractivity contribution in [3.63, 3.8) is 0 Å². The number of halogens is 1. The average Bonchev–Trinajstić information content (AvgIpc) is 2.41. The van der Waals surface area contributed by atoms with Crippen LogP contribution in [0.3, 0.4) is 0 Å². The number of benzene rings is 2. The fourth-order valence-electron chi connectivity index (χ4n) is 1.93. The van der Waals surface area contributed by atoms with E-state index >= 15 is 0 Å². The fraction of sp³-hybridized carbons (Fsp3) is 0.0625. The van der Waals surface area contributed by atoms with Crippen LogP contribution in [0.1, 0.15) is 11.1 Å². The molecule has 3 heteroatoms. The maximum atomic E-state index is 14.2. The summed E-state index contributed by atoms with van der Waals surface area (Å²) in [6.07, 6.45) is 2.19. The third-order valence-corrected chi connectivity index (χ3v) is 2.91. The summed E-state index contributed by atoms with van der Waals surface area (Å²) in [4.78, 5) is 10.4. The Bertz CT molecular complexity index is 631. The van der Waals surface area contributed by atoms with Gasteiger partial charge < -0.3 is 5.11 Å². The molecule has 0 saturated carbocycles. The molecule has 0 heterocycles. The molecule has 2 rings (SSSR count). The number of carboxylic acids is 1. The van der Waals surface area contributed by atoms with Crippen LogP contribution in [0.15, 0.2) is 48.5 Å². The Hall–Kier alpha value is -2.42. The van der Waals surface area contributed by atoms with Crippen LogP contribution in [-0.2, 0) is 4.79 Å². The van der Waals surface area contributed by atoms with Crippen molar-refractivity contribution in [2.75, 3.05) is 0 Å². The first-order valence-corrected chi connectivity index (χ1v) is 5.85. The first kappa shape index (κ1) is 13.0. The van der Waals surface area contributed by atoms with Crippen molar-refractivity contribution in [2.45, 2.75) is 6.92 Å². The van der Waals surface area contributed by atoms with E-state index in [0.717, 1.165) is 17.2 Å². The van der Waals surface area contributed by atoms with E-state index in [9.17, 15) is 9.18 Å². The van der Waals surface area contributed by atoms with Gasteiger partial charge in [-0.1, -0.05) is 42.5 Å². The van der Waals surface area contributed by atoms with Crippen LogP contribution in [0, 0.1) is 12.7 Å². The molecular formula is C16H13FO2. The van der Waals surface area contributed by atoms with Crippen molar-refractivity contribution in [1.82, 2.24) is 0 Å². The van der Waals surface area contributed by atoms with Gasteiger partial charge in [0.2, 0.25) is 0 Å². The van der Waals surface area contributed by atoms with Gasteiger partial charge >= 0.3 is 5.97 Å². The second-order valence-electron chi connectivity index (χ2n) is 4.18. The minimum Gasteiger partial charge on any atom is -0.478 e. The number of carboxylic acid groups (broad SMARTS) is 1. The van der Waals surface area contributed by atoms with Crippen molar-refractivity contribution in [2.24, 2.45) is 0 Å². The smallest absolute Gasteiger partial charge is 0.328 e. The molecule has 1 N–H and O–H groups in total. The van der Waals surface area contributed by atoms with E-state index in [1.807, 2.05) is 30.3 Å². The summed E-state index contributed by atoms with van der Waals surface area (Å²) in [5.74, 6) is -1.48. The molecule has 0 aromatic heterocycles. The predicted molar refractivity (Wildman–Crippen MR) is 73.2 cm³/mol. The molecule has 0 amide bonds. The van der Waals surface area contributed by atoms with E-state index < -0.39 is 5.97 Å². The number of hydrogen-bond acceptors (Lipinski definition) is 1. The largest absolute Gasteiger partial charge is 0.478 e. The molecule has 0 radical (unpaired) electrons. The fourth-order valence-corrected chi connectivity index (χ4v) is 1.93. The van der Waals surface area contributed by atoms with Crippen LogP contribution in [0.4, 0.5) is 4.39 Å². The zero-order valence-electron chi connectivity index (χ0n) is 10.4. The van der Waals surface area contributed by atoms with Gasteiger partial charge in [0.25, 0.3) is 0 Å². The lowest BCUT2D eigenvalue weighted by Gasteiger charge is -2.09. The third-order valence-electron chi connectivity index (χ3n) is 2.91. The molecule has 0 aliphatic heterocycles. The predicted octanol–water partition coefficient (Wildman–Crippen LogP) is 3.90. The van der Waals surface area contributed by atoms with Crippen molar-refractivity contribution in [3.8, 4) is 11.1 Å². The summed E-state index contributed by atoms with van der Waals surface area (Å²) < 4.78 is 14.2. The highest BCUT2D eigenvalue weighted by Gasteiger charge is 2.09. The van der Waals surface area contributed by atoms with E-state index in [1.165, 1.54) is 6.08 Å². The quantitative estimate of drug-likeness (QED) is 0.846. The zero-order chi connectivity index (χ0) is 13.8. The summed E-state index contributed by atoms with van der Waals surface area (Å²) in [5.41, 5.74) is 2.54. The summed E-state index contributed by atoms with van der Waals surface area (Å²) >= 11 is 0. The van der Waals surface area contributed by atoms with E-state index in [-0.39, 0.29) is 11.4 Å². The van der Waals surface area contributed by atoms with E-state index in [2.05, 4.69) is 0 Å². The highest BCUT2D eigenvalue weighted by Crippen LogP contribution is 2.27. The second-order valence-corrected chi connectivity index (χ2v) is 4.18. The molecule has 2 aromatic rings. The molecule has 19 heavy (non-hydrogen) atoms. The Morgan fingerprint density at radius 3 is 2.47 bits per heavy atom. The molecule has 0 spiro atoms. The monoisotopic (exact) mass is 256 g/mol. The molecule has 0 unspecified atom stereocenters. The average molecular weight is 256 g/mol. The second kappa shape index (κ2) is 5.48. The summed E-state index contributed by atoms with van der Waals surface area (Å²) in [6, 6.07) is 12.9. The molecule has 0 saturated heterocycles. The highest BCUT2D eigenvalue weighted by molar-refractivity contribution is 5.85. The van der Waals surface area contributed by atoms with Crippen LogP contribution < -0.4 is 0 Å². The molecular weight excluding hydrogens is 243 g/mol. The molecule has 96 valence electrons. The van der Waals surface area contributed by atoms with Gasteiger partial charge in [0.05, 0.1) is 0 Å². The van der Waals surface area contributed by atoms with Crippen molar-refractivity contribution >= 4 is 12.0 Å². The molecule has 0 fully saturated rings. The SMILES string of the molecule is Cc1c(-c2ccccc2)ccc(C=CC(=O)O)c1F. The van der Waals surface area contributed by atoms with E-state index in [1.54, 1.807) is 19.1 Å². The maximum Gasteiger partial charge on any atom is 0.328 e. The molecule has 0 aliphatic carbocycles. The molecule has 2 aromatic carbocycles. The lowest BCUT2D eigenvalue weighted by molar-refractivity contribution is -0.131. The highest BCUT2D eigenvalue weighted by atomic mass is 19.1. The summed E-state index contributed by atoms with van der Waals surface area (Å²) in [7, 11) is 0. The van der Waals surface area contributed by atoms with Crippen molar-refractivity contribution in [1.29, 1.82) is 0 Å².